The topological polar surface area (TPSA) is 64.0 Å². The van der Waals surface area contributed by atoms with Crippen molar-refractivity contribution in [2.75, 3.05) is 6.54 Å². The predicted octanol–water partition coefficient (Wildman–Crippen LogP) is 4.54. The van der Waals surface area contributed by atoms with Crippen LogP contribution in [0.15, 0.2) is 59.5 Å². The second-order valence-corrected chi connectivity index (χ2v) is 7.37. The van der Waals surface area contributed by atoms with Crippen LogP contribution in [0.25, 0.3) is 11.0 Å². The Morgan fingerprint density at radius 3 is 2.55 bits per heavy atom. The maximum Gasteiger partial charge on any atom is 0.265 e. The van der Waals surface area contributed by atoms with Gasteiger partial charge in [0.25, 0.3) is 11.5 Å². The van der Waals surface area contributed by atoms with Gasteiger partial charge in [-0.15, -0.1) is 0 Å². The number of hydrogen-bond acceptors (Lipinski definition) is 3. The van der Waals surface area contributed by atoms with Crippen LogP contribution in [0.1, 0.15) is 61.4 Å². The van der Waals surface area contributed by atoms with Crippen molar-refractivity contribution in [1.82, 2.24) is 14.9 Å². The van der Waals surface area contributed by atoms with Crippen molar-refractivity contribution >= 4 is 16.9 Å². The van der Waals surface area contributed by atoms with Gasteiger partial charge in [0, 0.05) is 18.1 Å². The molecule has 3 rings (SSSR count). The second kappa shape index (κ2) is 10.6. The number of carbonyl (C=O) groups is 1. The molecule has 0 aliphatic rings. The van der Waals surface area contributed by atoms with Crippen LogP contribution in [0.4, 0.5) is 0 Å². The Bertz CT molecular complexity index is 996. The molecule has 0 fully saturated rings. The van der Waals surface area contributed by atoms with Gasteiger partial charge in [-0.05, 0) is 30.2 Å². The molecule has 2 heterocycles. The molecule has 0 radical (unpaired) electrons. The summed E-state index contributed by atoms with van der Waals surface area (Å²) in [6.07, 6.45) is 8.62. The molecule has 0 bridgehead atoms. The number of fused-ring (bicyclic) bond motifs is 1. The van der Waals surface area contributed by atoms with Crippen molar-refractivity contribution in [2.24, 2.45) is 0 Å². The lowest BCUT2D eigenvalue weighted by Crippen LogP contribution is -2.34. The molecule has 0 unspecified atom stereocenters. The Morgan fingerprint density at radius 2 is 1.76 bits per heavy atom. The van der Waals surface area contributed by atoms with Gasteiger partial charge in [0.1, 0.15) is 11.2 Å². The number of hydrogen-bond donors (Lipinski definition) is 1. The fraction of sp³-hybridized carbons (Fsp3) is 0.375. The van der Waals surface area contributed by atoms with E-state index in [2.05, 4.69) is 17.2 Å². The first-order valence-corrected chi connectivity index (χ1v) is 10.5. The van der Waals surface area contributed by atoms with Gasteiger partial charge in [0.05, 0.1) is 6.54 Å². The number of unbranched alkanes of at least 4 members (excludes halogenated alkanes) is 5. The van der Waals surface area contributed by atoms with E-state index in [1.54, 1.807) is 16.8 Å². The van der Waals surface area contributed by atoms with E-state index in [1.807, 2.05) is 42.5 Å². The summed E-state index contributed by atoms with van der Waals surface area (Å²) in [5, 5.41) is 3.70. The molecule has 0 atom stereocenters. The monoisotopic (exact) mass is 391 g/mol. The van der Waals surface area contributed by atoms with Gasteiger partial charge >= 0.3 is 0 Å². The largest absolute Gasteiger partial charge is 0.352 e. The van der Waals surface area contributed by atoms with Crippen LogP contribution in [0.2, 0.25) is 0 Å². The number of pyridine rings is 2. The van der Waals surface area contributed by atoms with Gasteiger partial charge in [-0.25, -0.2) is 4.98 Å². The summed E-state index contributed by atoms with van der Waals surface area (Å²) in [5.74, 6) is -0.309. The lowest BCUT2D eigenvalue weighted by molar-refractivity contribution is 0.0951. The molecule has 0 saturated heterocycles. The van der Waals surface area contributed by atoms with Crippen LogP contribution in [0.5, 0.6) is 0 Å². The molecule has 5 nitrogen and oxygen atoms in total. The van der Waals surface area contributed by atoms with Crippen molar-refractivity contribution < 1.29 is 4.79 Å². The SMILES string of the molecule is CCCCCCCCNC(=O)c1cc2cccnc2n(Cc2ccccc2)c1=O. The van der Waals surface area contributed by atoms with E-state index in [-0.39, 0.29) is 17.0 Å². The molecule has 152 valence electrons. The van der Waals surface area contributed by atoms with Crippen molar-refractivity contribution in [3.63, 3.8) is 0 Å². The van der Waals surface area contributed by atoms with E-state index in [0.717, 1.165) is 23.8 Å². The summed E-state index contributed by atoms with van der Waals surface area (Å²) in [6.45, 7) is 3.17. The van der Waals surface area contributed by atoms with E-state index >= 15 is 0 Å². The smallest absolute Gasteiger partial charge is 0.265 e. The number of nitrogens with one attached hydrogen (secondary N) is 1. The number of nitrogens with zero attached hydrogens (tertiary/aromatic N) is 2. The highest BCUT2D eigenvalue weighted by Gasteiger charge is 2.16. The highest BCUT2D eigenvalue weighted by molar-refractivity contribution is 5.96. The minimum absolute atomic E-state index is 0.174. The van der Waals surface area contributed by atoms with E-state index in [0.29, 0.717) is 18.7 Å². The molecule has 0 saturated carbocycles. The Balaban J connectivity index is 1.77. The summed E-state index contributed by atoms with van der Waals surface area (Å²) in [4.78, 5) is 30.2. The third kappa shape index (κ3) is 5.53. The average Bonchev–Trinajstić information content (AvgIpc) is 2.75. The lowest BCUT2D eigenvalue weighted by Gasteiger charge is -2.12. The van der Waals surface area contributed by atoms with Crippen LogP contribution in [0.3, 0.4) is 0 Å². The molecule has 1 amide bonds. The zero-order valence-electron chi connectivity index (χ0n) is 17.1. The molecule has 1 N–H and O–H groups in total. The van der Waals surface area contributed by atoms with E-state index in [4.69, 9.17) is 0 Å². The molecule has 3 aromatic rings. The van der Waals surface area contributed by atoms with E-state index in [9.17, 15) is 9.59 Å². The van der Waals surface area contributed by atoms with Gasteiger partial charge in [0.2, 0.25) is 0 Å². The quantitative estimate of drug-likeness (QED) is 0.516. The summed E-state index contributed by atoms with van der Waals surface area (Å²) in [5.41, 5.74) is 1.45. The number of amides is 1. The van der Waals surface area contributed by atoms with Gasteiger partial charge in [0.15, 0.2) is 0 Å². The van der Waals surface area contributed by atoms with Crippen molar-refractivity contribution in [3.05, 3.63) is 76.2 Å². The van der Waals surface area contributed by atoms with Gasteiger partial charge < -0.3 is 5.32 Å². The molecule has 29 heavy (non-hydrogen) atoms. The zero-order chi connectivity index (χ0) is 20.5. The number of benzene rings is 1. The molecular formula is C24H29N3O2. The first-order valence-electron chi connectivity index (χ1n) is 10.5. The van der Waals surface area contributed by atoms with Crippen LogP contribution in [-0.2, 0) is 6.54 Å². The Hall–Kier alpha value is -2.95. The zero-order valence-corrected chi connectivity index (χ0v) is 17.1. The molecule has 5 heteroatoms. The Labute approximate surface area is 171 Å². The van der Waals surface area contributed by atoms with Gasteiger partial charge in [-0.1, -0.05) is 69.4 Å². The van der Waals surface area contributed by atoms with Crippen molar-refractivity contribution in [2.45, 2.75) is 52.0 Å². The third-order valence-corrected chi connectivity index (χ3v) is 5.09. The highest BCUT2D eigenvalue weighted by Crippen LogP contribution is 2.13. The molecule has 0 spiro atoms. The predicted molar refractivity (Wildman–Crippen MR) is 117 cm³/mol. The minimum Gasteiger partial charge on any atom is -0.352 e. The maximum absolute atomic E-state index is 13.1. The van der Waals surface area contributed by atoms with Crippen molar-refractivity contribution in [1.29, 1.82) is 0 Å². The van der Waals surface area contributed by atoms with E-state index in [1.165, 1.54) is 25.7 Å². The lowest BCUT2D eigenvalue weighted by atomic mass is 10.1. The van der Waals surface area contributed by atoms with Crippen LogP contribution >= 0.6 is 0 Å². The Kier molecular flexibility index (Phi) is 7.56. The molecule has 0 aliphatic heterocycles. The maximum atomic E-state index is 13.1. The molecule has 0 aliphatic carbocycles. The standard InChI is InChI=1S/C24H29N3O2/c1-2-3-4-5-6-10-15-26-23(28)21-17-20-14-11-16-25-22(20)27(24(21)29)18-19-12-8-7-9-13-19/h7-9,11-14,16-17H,2-6,10,15,18H2,1H3,(H,26,28). The normalized spacial score (nSPS) is 10.9. The fourth-order valence-electron chi connectivity index (χ4n) is 3.48. The third-order valence-electron chi connectivity index (χ3n) is 5.09. The minimum atomic E-state index is -0.309. The molecule has 2 aromatic heterocycles. The van der Waals surface area contributed by atoms with E-state index < -0.39 is 0 Å². The van der Waals surface area contributed by atoms with Crippen LogP contribution < -0.4 is 10.9 Å². The van der Waals surface area contributed by atoms with Crippen molar-refractivity contribution in [3.8, 4) is 0 Å². The second-order valence-electron chi connectivity index (χ2n) is 7.37. The first-order chi connectivity index (χ1) is 14.2. The average molecular weight is 392 g/mol. The number of aromatic nitrogens is 2. The fourth-order valence-corrected chi connectivity index (χ4v) is 3.48. The summed E-state index contributed by atoms with van der Waals surface area (Å²) < 4.78 is 1.59. The summed E-state index contributed by atoms with van der Waals surface area (Å²) in [6, 6.07) is 15.1. The van der Waals surface area contributed by atoms with Gasteiger partial charge in [-0.2, -0.15) is 0 Å². The molecular weight excluding hydrogens is 362 g/mol. The highest BCUT2D eigenvalue weighted by atomic mass is 16.2. The molecule has 1 aromatic carbocycles. The number of rotatable bonds is 10. The van der Waals surface area contributed by atoms with Crippen LogP contribution in [-0.4, -0.2) is 22.0 Å². The first kappa shape index (κ1) is 20.8. The summed E-state index contributed by atoms with van der Waals surface area (Å²) >= 11 is 0. The van der Waals surface area contributed by atoms with Gasteiger partial charge in [-0.3, -0.25) is 14.2 Å². The Morgan fingerprint density at radius 1 is 1.00 bits per heavy atom. The number of carbonyl (C=O) groups excluding carboxylic acids is 1. The van der Waals surface area contributed by atoms with Crippen LogP contribution in [0, 0.1) is 0 Å². The summed E-state index contributed by atoms with van der Waals surface area (Å²) in [7, 11) is 0.